The molecular weight excluding hydrogens is 456 g/mol. The van der Waals surface area contributed by atoms with Gasteiger partial charge in [-0.1, -0.05) is 0 Å². The molecule has 1 aromatic heterocycles. The van der Waals surface area contributed by atoms with Crippen LogP contribution < -0.4 is 5.32 Å². The molecule has 1 aliphatic rings. The molecule has 3 rings (SSSR count). The minimum Gasteiger partial charge on any atom is -0.462 e. The summed E-state index contributed by atoms with van der Waals surface area (Å²) in [7, 11) is -2.45. The van der Waals surface area contributed by atoms with E-state index in [1.807, 2.05) is 0 Å². The summed E-state index contributed by atoms with van der Waals surface area (Å²) in [4.78, 5) is 25.2. The Bertz CT molecular complexity index is 1190. The molecule has 1 atom stereocenters. The van der Waals surface area contributed by atoms with Crippen LogP contribution in [0.4, 0.5) is 14.5 Å². The Morgan fingerprint density at radius 3 is 2.52 bits per heavy atom. The lowest BCUT2D eigenvalue weighted by atomic mass is 9.98. The van der Waals surface area contributed by atoms with Gasteiger partial charge in [-0.05, 0) is 45.7 Å². The SMILES string of the molecule is CCOC(=O)c1c(S(=O)(=O)N2CCC[C@H](C(=O)Nc3ccc(F)c(F)c3)C2)c(C)n(C)c1C. The largest absolute Gasteiger partial charge is 0.462 e. The first-order valence-corrected chi connectivity index (χ1v) is 12.0. The molecule has 2 aromatic rings. The van der Waals surface area contributed by atoms with Crippen molar-refractivity contribution in [1.29, 1.82) is 0 Å². The van der Waals surface area contributed by atoms with E-state index in [4.69, 9.17) is 4.74 Å². The first-order valence-electron chi connectivity index (χ1n) is 10.6. The van der Waals surface area contributed by atoms with Gasteiger partial charge in [-0.15, -0.1) is 0 Å². The maximum Gasteiger partial charge on any atom is 0.341 e. The molecule has 1 fully saturated rings. The summed E-state index contributed by atoms with van der Waals surface area (Å²) in [5, 5.41) is 2.52. The van der Waals surface area contributed by atoms with Gasteiger partial charge < -0.3 is 14.6 Å². The highest BCUT2D eigenvalue weighted by atomic mass is 32.2. The van der Waals surface area contributed by atoms with Crippen molar-refractivity contribution >= 4 is 27.6 Å². The average Bonchev–Trinajstić information content (AvgIpc) is 3.01. The van der Waals surface area contributed by atoms with E-state index in [-0.39, 0.29) is 35.8 Å². The summed E-state index contributed by atoms with van der Waals surface area (Å²) in [5.41, 5.74) is 0.932. The number of sulfonamides is 1. The third-order valence-electron chi connectivity index (χ3n) is 5.94. The fourth-order valence-corrected chi connectivity index (χ4v) is 6.00. The molecule has 0 bridgehead atoms. The first kappa shape index (κ1) is 24.8. The smallest absolute Gasteiger partial charge is 0.341 e. The van der Waals surface area contributed by atoms with Crippen LogP contribution in [0, 0.1) is 31.4 Å². The number of benzene rings is 1. The van der Waals surface area contributed by atoms with Crippen molar-refractivity contribution < 1.29 is 31.5 Å². The molecule has 0 radical (unpaired) electrons. The summed E-state index contributed by atoms with van der Waals surface area (Å²) >= 11 is 0. The van der Waals surface area contributed by atoms with E-state index >= 15 is 0 Å². The number of esters is 1. The third-order valence-corrected chi connectivity index (χ3v) is 7.97. The van der Waals surface area contributed by atoms with Gasteiger partial charge in [0.25, 0.3) is 0 Å². The number of hydrogen-bond acceptors (Lipinski definition) is 5. The van der Waals surface area contributed by atoms with Crippen LogP contribution in [0.3, 0.4) is 0 Å². The summed E-state index contributed by atoms with van der Waals surface area (Å²) in [6, 6.07) is 3.00. The molecule has 11 heteroatoms. The van der Waals surface area contributed by atoms with Crippen molar-refractivity contribution in [3.63, 3.8) is 0 Å². The average molecular weight is 484 g/mol. The van der Waals surface area contributed by atoms with Gasteiger partial charge in [0.05, 0.1) is 12.5 Å². The van der Waals surface area contributed by atoms with Crippen LogP contribution >= 0.6 is 0 Å². The van der Waals surface area contributed by atoms with E-state index in [2.05, 4.69) is 5.32 Å². The number of piperidine rings is 1. The number of halogens is 2. The number of nitrogens with zero attached hydrogens (tertiary/aromatic N) is 2. The minimum absolute atomic E-state index is 0.00906. The van der Waals surface area contributed by atoms with Gasteiger partial charge in [0.1, 0.15) is 10.5 Å². The molecule has 1 N–H and O–H groups in total. The van der Waals surface area contributed by atoms with E-state index in [0.717, 1.165) is 12.1 Å². The Hall–Kier alpha value is -2.79. The van der Waals surface area contributed by atoms with Gasteiger partial charge in [-0.3, -0.25) is 4.79 Å². The molecule has 1 saturated heterocycles. The molecule has 8 nitrogen and oxygen atoms in total. The monoisotopic (exact) mass is 483 g/mol. The minimum atomic E-state index is -4.12. The number of anilines is 1. The second-order valence-electron chi connectivity index (χ2n) is 7.97. The molecule has 2 heterocycles. The summed E-state index contributed by atoms with van der Waals surface area (Å²) in [6.07, 6.45) is 0.855. The van der Waals surface area contributed by atoms with Gasteiger partial charge in [0.2, 0.25) is 15.9 Å². The fraction of sp³-hybridized carbons (Fsp3) is 0.455. The van der Waals surface area contributed by atoms with Crippen molar-refractivity contribution in [1.82, 2.24) is 8.87 Å². The van der Waals surface area contributed by atoms with E-state index < -0.39 is 39.5 Å². The maximum atomic E-state index is 13.6. The second-order valence-corrected chi connectivity index (χ2v) is 9.85. The quantitative estimate of drug-likeness (QED) is 0.637. The zero-order chi connectivity index (χ0) is 24.5. The number of ether oxygens (including phenoxy) is 1. The second kappa shape index (κ2) is 9.60. The van der Waals surface area contributed by atoms with Gasteiger partial charge in [0.15, 0.2) is 11.6 Å². The highest BCUT2D eigenvalue weighted by molar-refractivity contribution is 7.89. The zero-order valence-corrected chi connectivity index (χ0v) is 19.8. The molecule has 0 unspecified atom stereocenters. The summed E-state index contributed by atoms with van der Waals surface area (Å²) in [5.74, 6) is -4.04. The molecule has 1 aromatic carbocycles. The number of aromatic nitrogens is 1. The Morgan fingerprint density at radius 1 is 1.18 bits per heavy atom. The number of hydrogen-bond donors (Lipinski definition) is 1. The molecule has 180 valence electrons. The lowest BCUT2D eigenvalue weighted by Crippen LogP contribution is -2.44. The van der Waals surface area contributed by atoms with Gasteiger partial charge in [-0.25, -0.2) is 22.0 Å². The van der Waals surface area contributed by atoms with Gasteiger partial charge in [0, 0.05) is 43.3 Å². The first-order chi connectivity index (χ1) is 15.5. The maximum absolute atomic E-state index is 13.6. The van der Waals surface area contributed by atoms with E-state index in [1.54, 1.807) is 32.4 Å². The number of rotatable bonds is 6. The van der Waals surface area contributed by atoms with Crippen molar-refractivity contribution in [2.45, 2.75) is 38.5 Å². The number of carbonyl (C=O) groups excluding carboxylic acids is 2. The van der Waals surface area contributed by atoms with Crippen LogP contribution in [0.25, 0.3) is 0 Å². The lowest BCUT2D eigenvalue weighted by molar-refractivity contribution is -0.120. The van der Waals surface area contributed by atoms with Crippen LogP contribution in [0.15, 0.2) is 23.1 Å². The molecular formula is C22H27F2N3O5S. The molecule has 1 aliphatic heterocycles. The van der Waals surface area contributed by atoms with Crippen LogP contribution in [0.5, 0.6) is 0 Å². The lowest BCUT2D eigenvalue weighted by Gasteiger charge is -2.31. The molecule has 33 heavy (non-hydrogen) atoms. The predicted molar refractivity (Wildman–Crippen MR) is 117 cm³/mol. The van der Waals surface area contributed by atoms with Crippen LogP contribution in [-0.4, -0.2) is 48.9 Å². The Kier molecular flexibility index (Phi) is 7.23. The number of nitrogens with one attached hydrogen (secondary N) is 1. The Labute approximate surface area is 191 Å². The van der Waals surface area contributed by atoms with Crippen molar-refractivity contribution in [2.24, 2.45) is 13.0 Å². The topological polar surface area (TPSA) is 97.7 Å². The fourth-order valence-electron chi connectivity index (χ4n) is 4.00. The zero-order valence-electron chi connectivity index (χ0n) is 18.9. The van der Waals surface area contributed by atoms with Gasteiger partial charge in [-0.2, -0.15) is 4.31 Å². The Balaban J connectivity index is 1.88. The normalized spacial score (nSPS) is 17.1. The summed E-state index contributed by atoms with van der Waals surface area (Å²) in [6.45, 7) is 5.08. The van der Waals surface area contributed by atoms with Crippen LogP contribution in [0.1, 0.15) is 41.5 Å². The number of carbonyl (C=O) groups is 2. The molecule has 0 spiro atoms. The Morgan fingerprint density at radius 2 is 1.88 bits per heavy atom. The molecule has 0 saturated carbocycles. The number of amides is 1. The van der Waals surface area contributed by atoms with Crippen molar-refractivity contribution in [3.05, 3.63) is 46.8 Å². The van der Waals surface area contributed by atoms with Crippen LogP contribution in [0.2, 0.25) is 0 Å². The van der Waals surface area contributed by atoms with Crippen LogP contribution in [-0.2, 0) is 26.6 Å². The van der Waals surface area contributed by atoms with E-state index in [0.29, 0.717) is 24.2 Å². The third kappa shape index (κ3) is 4.79. The molecule has 0 aliphatic carbocycles. The van der Waals surface area contributed by atoms with E-state index in [1.165, 1.54) is 10.4 Å². The predicted octanol–water partition coefficient (Wildman–Crippen LogP) is 3.14. The highest BCUT2D eigenvalue weighted by Crippen LogP contribution is 2.32. The summed E-state index contributed by atoms with van der Waals surface area (Å²) < 4.78 is 61.7. The molecule has 1 amide bonds. The van der Waals surface area contributed by atoms with Crippen molar-refractivity contribution in [3.8, 4) is 0 Å². The van der Waals surface area contributed by atoms with E-state index in [9.17, 15) is 26.8 Å². The highest BCUT2D eigenvalue weighted by Gasteiger charge is 2.39. The van der Waals surface area contributed by atoms with Gasteiger partial charge >= 0.3 is 5.97 Å². The standard InChI is InChI=1S/C22H27F2N3O5S/c1-5-32-22(29)19-13(2)26(4)14(3)20(19)33(30,31)27-10-6-7-15(12-27)21(28)25-16-8-9-17(23)18(24)11-16/h8-9,11,15H,5-7,10,12H2,1-4H3,(H,25,28)/t15-/m0/s1. The van der Waals surface area contributed by atoms with Crippen molar-refractivity contribution in [2.75, 3.05) is 25.0 Å².